The van der Waals surface area contributed by atoms with Gasteiger partial charge in [-0.3, -0.25) is 0 Å². The Hall–Kier alpha value is -0.0800. The summed E-state index contributed by atoms with van der Waals surface area (Å²) in [4.78, 5) is 0. The van der Waals surface area contributed by atoms with Crippen molar-refractivity contribution in [2.75, 3.05) is 6.61 Å². The molecule has 2 nitrogen and oxygen atoms in total. The van der Waals surface area contributed by atoms with E-state index in [4.69, 9.17) is 10.5 Å². The van der Waals surface area contributed by atoms with Gasteiger partial charge in [0.15, 0.2) is 0 Å². The fraction of sp³-hybridized carbons (Fsp3) is 1.00. The summed E-state index contributed by atoms with van der Waals surface area (Å²) in [6.45, 7) is 1.000. The summed E-state index contributed by atoms with van der Waals surface area (Å²) in [5.74, 6) is 2.54. The lowest BCUT2D eigenvalue weighted by atomic mass is 9.87. The normalized spacial score (nSPS) is 63.9. The van der Waals surface area contributed by atoms with E-state index < -0.39 is 0 Å². The van der Waals surface area contributed by atoms with E-state index in [1.165, 1.54) is 12.8 Å². The zero-order valence-corrected chi connectivity index (χ0v) is 5.99. The van der Waals surface area contributed by atoms with Crippen molar-refractivity contribution in [2.24, 2.45) is 23.5 Å². The van der Waals surface area contributed by atoms with Crippen molar-refractivity contribution in [2.45, 2.75) is 25.0 Å². The maximum Gasteiger partial charge on any atom is 0.0760 e. The molecule has 1 heterocycles. The SMILES string of the molecule is N[C@@H]1[C@H]2C[C@H]3CO[C@@H]1[C@H]3C2. The van der Waals surface area contributed by atoms with Crippen LogP contribution in [0.1, 0.15) is 12.8 Å². The number of rotatable bonds is 0. The molecule has 2 bridgehead atoms. The van der Waals surface area contributed by atoms with Crippen molar-refractivity contribution < 1.29 is 4.74 Å². The summed E-state index contributed by atoms with van der Waals surface area (Å²) in [7, 11) is 0. The van der Waals surface area contributed by atoms with Crippen LogP contribution in [-0.4, -0.2) is 18.8 Å². The van der Waals surface area contributed by atoms with E-state index in [9.17, 15) is 0 Å². The van der Waals surface area contributed by atoms with Crippen molar-refractivity contribution >= 4 is 0 Å². The highest BCUT2D eigenvalue weighted by Gasteiger charge is 2.55. The van der Waals surface area contributed by atoms with Crippen LogP contribution in [0.5, 0.6) is 0 Å². The van der Waals surface area contributed by atoms with E-state index in [1.807, 2.05) is 0 Å². The number of ether oxygens (including phenoxy) is 1. The first-order valence-corrected chi connectivity index (χ1v) is 4.23. The van der Waals surface area contributed by atoms with Crippen LogP contribution in [0.3, 0.4) is 0 Å². The second-order valence-electron chi connectivity index (χ2n) is 4.03. The van der Waals surface area contributed by atoms with Crippen LogP contribution in [0, 0.1) is 17.8 Å². The van der Waals surface area contributed by atoms with E-state index in [2.05, 4.69) is 0 Å². The molecular weight excluding hydrogens is 126 g/mol. The average Bonchev–Trinajstić information content (AvgIpc) is 2.43. The van der Waals surface area contributed by atoms with E-state index in [0.717, 1.165) is 24.4 Å². The number of hydrogen-bond donors (Lipinski definition) is 1. The minimum Gasteiger partial charge on any atom is -0.376 e. The molecule has 0 amide bonds. The standard InChI is InChI=1S/C8H13NO/c9-7-4-1-5-3-10-8(7)6(5)2-4/h4-8H,1-3,9H2/t4-,5-,6-,7+,8+/m0/s1. The monoisotopic (exact) mass is 139 g/mol. The van der Waals surface area contributed by atoms with Crippen LogP contribution in [-0.2, 0) is 4.74 Å². The Bertz CT molecular complexity index is 169. The lowest BCUT2D eigenvalue weighted by molar-refractivity contribution is 0.0879. The summed E-state index contributed by atoms with van der Waals surface area (Å²) in [5.41, 5.74) is 5.98. The van der Waals surface area contributed by atoms with Gasteiger partial charge in [0, 0.05) is 6.04 Å². The number of fused-ring (bicyclic) bond motifs is 1. The minimum absolute atomic E-state index is 0.378. The van der Waals surface area contributed by atoms with Gasteiger partial charge in [-0.05, 0) is 30.6 Å². The maximum absolute atomic E-state index is 5.98. The minimum atomic E-state index is 0.378. The van der Waals surface area contributed by atoms with Gasteiger partial charge in [-0.2, -0.15) is 0 Å². The summed E-state index contributed by atoms with van der Waals surface area (Å²) in [5, 5.41) is 0. The Kier molecular flexibility index (Phi) is 0.868. The van der Waals surface area contributed by atoms with E-state index in [0.29, 0.717) is 12.1 Å². The van der Waals surface area contributed by atoms with Gasteiger partial charge in [-0.15, -0.1) is 0 Å². The number of nitrogens with two attached hydrogens (primary N) is 1. The first-order chi connectivity index (χ1) is 4.86. The van der Waals surface area contributed by atoms with Crippen molar-refractivity contribution in [1.82, 2.24) is 0 Å². The van der Waals surface area contributed by atoms with Gasteiger partial charge < -0.3 is 10.5 Å². The van der Waals surface area contributed by atoms with Gasteiger partial charge in [0.2, 0.25) is 0 Å². The zero-order chi connectivity index (χ0) is 6.72. The van der Waals surface area contributed by atoms with Crippen molar-refractivity contribution in [3.8, 4) is 0 Å². The Morgan fingerprint density at radius 3 is 2.80 bits per heavy atom. The molecule has 10 heavy (non-hydrogen) atoms. The lowest BCUT2D eigenvalue weighted by Crippen LogP contribution is -2.39. The molecule has 2 saturated carbocycles. The Morgan fingerprint density at radius 1 is 1.20 bits per heavy atom. The second-order valence-corrected chi connectivity index (χ2v) is 4.03. The van der Waals surface area contributed by atoms with E-state index in [-0.39, 0.29) is 0 Å². The third-order valence-corrected chi connectivity index (χ3v) is 3.63. The fourth-order valence-corrected chi connectivity index (χ4v) is 3.13. The summed E-state index contributed by atoms with van der Waals surface area (Å²) in [6.07, 6.45) is 3.16. The van der Waals surface area contributed by atoms with Gasteiger partial charge in [-0.1, -0.05) is 0 Å². The van der Waals surface area contributed by atoms with Gasteiger partial charge in [0.05, 0.1) is 12.7 Å². The molecule has 0 aromatic heterocycles. The quantitative estimate of drug-likeness (QED) is 0.526. The molecule has 2 aliphatic carbocycles. The first kappa shape index (κ1) is 5.56. The van der Waals surface area contributed by atoms with Gasteiger partial charge in [-0.25, -0.2) is 0 Å². The van der Waals surface area contributed by atoms with E-state index in [1.54, 1.807) is 0 Å². The fourth-order valence-electron chi connectivity index (χ4n) is 3.13. The molecule has 3 fully saturated rings. The molecule has 3 aliphatic rings. The maximum atomic E-state index is 5.98. The molecule has 1 aliphatic heterocycles. The van der Waals surface area contributed by atoms with Crippen molar-refractivity contribution in [3.05, 3.63) is 0 Å². The van der Waals surface area contributed by atoms with Crippen molar-refractivity contribution in [1.29, 1.82) is 0 Å². The Balaban J connectivity index is 2.00. The van der Waals surface area contributed by atoms with Crippen molar-refractivity contribution in [3.63, 3.8) is 0 Å². The second kappa shape index (κ2) is 1.56. The van der Waals surface area contributed by atoms with Crippen LogP contribution in [0.25, 0.3) is 0 Å². The third-order valence-electron chi connectivity index (χ3n) is 3.63. The average molecular weight is 139 g/mol. The van der Waals surface area contributed by atoms with Crippen LogP contribution < -0.4 is 5.73 Å². The molecule has 0 spiro atoms. The molecule has 0 aromatic carbocycles. The topological polar surface area (TPSA) is 35.2 Å². The first-order valence-electron chi connectivity index (χ1n) is 4.23. The van der Waals surface area contributed by atoms with Gasteiger partial charge in [0.25, 0.3) is 0 Å². The third kappa shape index (κ3) is 0.453. The van der Waals surface area contributed by atoms with E-state index >= 15 is 0 Å². The molecule has 5 atom stereocenters. The molecule has 2 N–H and O–H groups in total. The Labute approximate surface area is 60.7 Å². The highest BCUT2D eigenvalue weighted by atomic mass is 16.5. The van der Waals surface area contributed by atoms with Gasteiger partial charge >= 0.3 is 0 Å². The smallest absolute Gasteiger partial charge is 0.0760 e. The molecule has 56 valence electrons. The largest absolute Gasteiger partial charge is 0.376 e. The molecule has 0 radical (unpaired) electrons. The molecule has 2 heteroatoms. The lowest BCUT2D eigenvalue weighted by Gasteiger charge is -2.22. The highest BCUT2D eigenvalue weighted by molar-refractivity contribution is 5.07. The predicted molar refractivity (Wildman–Crippen MR) is 37.4 cm³/mol. The van der Waals surface area contributed by atoms with Gasteiger partial charge in [0.1, 0.15) is 0 Å². The number of hydrogen-bond acceptors (Lipinski definition) is 2. The Morgan fingerprint density at radius 2 is 2.10 bits per heavy atom. The summed E-state index contributed by atoms with van der Waals surface area (Å²) in [6, 6.07) is 0.378. The summed E-state index contributed by atoms with van der Waals surface area (Å²) >= 11 is 0. The zero-order valence-electron chi connectivity index (χ0n) is 5.99. The molecule has 3 rings (SSSR count). The predicted octanol–water partition coefficient (Wildman–Crippen LogP) is 0.368. The molecular formula is C8H13NO. The van der Waals surface area contributed by atoms with Crippen LogP contribution >= 0.6 is 0 Å². The molecule has 0 aromatic rings. The van der Waals surface area contributed by atoms with Crippen LogP contribution in [0.4, 0.5) is 0 Å². The molecule has 0 unspecified atom stereocenters. The van der Waals surface area contributed by atoms with Crippen LogP contribution in [0.2, 0.25) is 0 Å². The molecule has 1 saturated heterocycles. The highest BCUT2D eigenvalue weighted by Crippen LogP contribution is 2.52. The summed E-state index contributed by atoms with van der Waals surface area (Å²) < 4.78 is 5.62. The van der Waals surface area contributed by atoms with Crippen LogP contribution in [0.15, 0.2) is 0 Å².